The first-order valence-electron chi connectivity index (χ1n) is 11.4. The van der Waals surface area contributed by atoms with Gasteiger partial charge in [-0.3, -0.25) is 9.69 Å². The highest BCUT2D eigenvalue weighted by atomic mass is 35.5. The molecule has 1 aromatic carbocycles. The first-order valence-corrected chi connectivity index (χ1v) is 12.6. The first kappa shape index (κ1) is 22.7. The maximum absolute atomic E-state index is 13.3. The summed E-state index contributed by atoms with van der Waals surface area (Å²) in [4.78, 5) is 29.2. The Bertz CT molecular complexity index is 1300. The molecule has 8 heteroatoms. The molecule has 2 heterocycles. The van der Waals surface area contributed by atoms with Gasteiger partial charge in [0.1, 0.15) is 10.8 Å². The van der Waals surface area contributed by atoms with Gasteiger partial charge in [-0.2, -0.15) is 5.26 Å². The predicted molar refractivity (Wildman–Crippen MR) is 132 cm³/mol. The third-order valence-electron chi connectivity index (χ3n) is 6.86. The summed E-state index contributed by atoms with van der Waals surface area (Å²) < 4.78 is 5.16. The molecule has 34 heavy (non-hydrogen) atoms. The lowest BCUT2D eigenvalue weighted by atomic mass is 9.75. The normalized spacial score (nSPS) is 20.1. The number of ether oxygens (including phenoxy) is 1. The van der Waals surface area contributed by atoms with E-state index < -0.39 is 11.9 Å². The summed E-state index contributed by atoms with van der Waals surface area (Å²) in [7, 11) is 1.38. The molecule has 6 nitrogen and oxygen atoms in total. The van der Waals surface area contributed by atoms with Crippen LogP contribution >= 0.6 is 22.9 Å². The number of thiophene rings is 1. The number of fused-ring (bicyclic) bond motifs is 1. The van der Waals surface area contributed by atoms with E-state index in [0.717, 1.165) is 47.4 Å². The second-order valence-electron chi connectivity index (χ2n) is 8.75. The lowest BCUT2D eigenvalue weighted by Crippen LogP contribution is -2.39. The molecule has 0 unspecified atom stereocenters. The molecule has 2 N–H and O–H groups in total. The number of carbonyl (C=O) groups is 2. The molecule has 0 radical (unpaired) electrons. The molecule has 2 aliphatic carbocycles. The van der Waals surface area contributed by atoms with Gasteiger partial charge in [-0.1, -0.05) is 23.7 Å². The van der Waals surface area contributed by atoms with Crippen LogP contribution in [0.25, 0.3) is 0 Å². The fourth-order valence-corrected chi connectivity index (χ4v) is 6.87. The van der Waals surface area contributed by atoms with Crippen molar-refractivity contribution in [2.24, 2.45) is 5.73 Å². The van der Waals surface area contributed by atoms with E-state index in [9.17, 15) is 14.9 Å². The Morgan fingerprint density at radius 2 is 1.91 bits per heavy atom. The monoisotopic (exact) mass is 493 g/mol. The molecule has 0 saturated carbocycles. The Labute approximate surface area is 207 Å². The molecule has 1 aliphatic heterocycles. The number of rotatable bonds is 3. The van der Waals surface area contributed by atoms with Gasteiger partial charge < -0.3 is 10.5 Å². The van der Waals surface area contributed by atoms with Crippen molar-refractivity contribution in [1.82, 2.24) is 0 Å². The highest BCUT2D eigenvalue weighted by Gasteiger charge is 2.42. The molecular weight excluding hydrogens is 470 g/mol. The number of nitrogens with zero attached hydrogens (tertiary/aromatic N) is 2. The topological polar surface area (TPSA) is 96.4 Å². The van der Waals surface area contributed by atoms with Crippen LogP contribution < -0.4 is 10.6 Å². The highest BCUT2D eigenvalue weighted by molar-refractivity contribution is 7.16. The Morgan fingerprint density at radius 1 is 1.18 bits per heavy atom. The van der Waals surface area contributed by atoms with Crippen molar-refractivity contribution >= 4 is 39.7 Å². The third kappa shape index (κ3) is 3.53. The number of esters is 1. The van der Waals surface area contributed by atoms with Gasteiger partial charge in [-0.25, -0.2) is 4.79 Å². The van der Waals surface area contributed by atoms with Gasteiger partial charge >= 0.3 is 5.97 Å². The maximum Gasteiger partial charge on any atom is 0.341 e. The number of methoxy groups -OCH3 is 1. The quantitative estimate of drug-likeness (QED) is 0.577. The number of carbonyl (C=O) groups excluding carboxylic acids is 2. The first-order chi connectivity index (χ1) is 16.5. The lowest BCUT2D eigenvalue weighted by Gasteiger charge is -2.39. The van der Waals surface area contributed by atoms with E-state index in [1.165, 1.54) is 18.4 Å². The van der Waals surface area contributed by atoms with Crippen molar-refractivity contribution < 1.29 is 14.3 Å². The fourth-order valence-electron chi connectivity index (χ4n) is 5.33. The van der Waals surface area contributed by atoms with E-state index in [1.807, 2.05) is 12.1 Å². The average molecular weight is 494 g/mol. The number of hydrogen-bond acceptors (Lipinski definition) is 7. The van der Waals surface area contributed by atoms with E-state index >= 15 is 0 Å². The second kappa shape index (κ2) is 8.94. The number of nitriles is 1. The van der Waals surface area contributed by atoms with Gasteiger partial charge in [0.05, 0.1) is 30.2 Å². The Balaban J connectivity index is 1.77. The molecule has 3 aliphatic rings. The molecule has 174 valence electrons. The average Bonchev–Trinajstić information content (AvgIpc) is 3.22. The summed E-state index contributed by atoms with van der Waals surface area (Å²) in [6.07, 6.45) is 5.51. The van der Waals surface area contributed by atoms with Crippen molar-refractivity contribution in [2.45, 2.75) is 50.9 Å². The lowest BCUT2D eigenvalue weighted by molar-refractivity contribution is -0.116. The van der Waals surface area contributed by atoms with Crippen molar-refractivity contribution in [3.63, 3.8) is 0 Å². The predicted octanol–water partition coefficient (Wildman–Crippen LogP) is 5.37. The van der Waals surface area contributed by atoms with E-state index in [-0.39, 0.29) is 11.6 Å². The summed E-state index contributed by atoms with van der Waals surface area (Å²) in [6.45, 7) is 0. The number of aryl methyl sites for hydroxylation is 1. The van der Waals surface area contributed by atoms with Crippen LogP contribution in [-0.4, -0.2) is 18.9 Å². The van der Waals surface area contributed by atoms with Gasteiger partial charge in [-0.05, 0) is 61.8 Å². The summed E-state index contributed by atoms with van der Waals surface area (Å²) >= 11 is 7.62. The van der Waals surface area contributed by atoms with E-state index in [2.05, 4.69) is 6.07 Å². The highest BCUT2D eigenvalue weighted by Crippen LogP contribution is 2.50. The molecule has 2 aromatic rings. The summed E-state index contributed by atoms with van der Waals surface area (Å²) in [5.74, 6) is -0.700. The summed E-state index contributed by atoms with van der Waals surface area (Å²) in [5, 5.41) is 11.4. The fraction of sp³-hybridized carbons (Fsp3) is 0.346. The zero-order valence-electron chi connectivity index (χ0n) is 18.8. The number of halogens is 1. The number of allylic oxidation sites excluding steroid dienone is 3. The minimum Gasteiger partial charge on any atom is -0.465 e. The van der Waals surface area contributed by atoms with Crippen molar-refractivity contribution in [1.29, 1.82) is 5.26 Å². The smallest absolute Gasteiger partial charge is 0.341 e. The van der Waals surface area contributed by atoms with Crippen LogP contribution in [0.2, 0.25) is 5.02 Å². The maximum atomic E-state index is 13.3. The van der Waals surface area contributed by atoms with Crippen molar-refractivity contribution in [3.8, 4) is 6.07 Å². The number of benzene rings is 1. The molecule has 1 aromatic heterocycles. The van der Waals surface area contributed by atoms with Crippen LogP contribution in [0.3, 0.4) is 0 Å². The Hall–Kier alpha value is -3.08. The van der Waals surface area contributed by atoms with E-state index in [4.69, 9.17) is 22.1 Å². The molecular formula is C26H24ClN3O3S. The number of hydrogen-bond donors (Lipinski definition) is 1. The minimum atomic E-state index is -0.558. The Morgan fingerprint density at radius 3 is 2.62 bits per heavy atom. The molecule has 0 bridgehead atoms. The van der Waals surface area contributed by atoms with Crippen molar-refractivity contribution in [2.75, 3.05) is 12.0 Å². The largest absolute Gasteiger partial charge is 0.465 e. The zero-order valence-corrected chi connectivity index (χ0v) is 20.4. The zero-order chi connectivity index (χ0) is 24.0. The van der Waals surface area contributed by atoms with Crippen LogP contribution in [0, 0.1) is 11.3 Å². The Kier molecular flexibility index (Phi) is 5.97. The number of anilines is 1. The van der Waals surface area contributed by atoms with Gasteiger partial charge in [0, 0.05) is 27.6 Å². The minimum absolute atomic E-state index is 0.00684. The molecule has 0 fully saturated rings. The number of Topliss-reactive ketones (excluding diaryl/α,β-unsaturated/α-hetero) is 1. The van der Waals surface area contributed by atoms with Gasteiger partial charge in [0.25, 0.3) is 0 Å². The van der Waals surface area contributed by atoms with Gasteiger partial charge in [0.2, 0.25) is 0 Å². The molecule has 0 saturated heterocycles. The number of nitrogens with two attached hydrogens (primary N) is 1. The van der Waals surface area contributed by atoms with Crippen molar-refractivity contribution in [3.05, 3.63) is 73.5 Å². The molecule has 0 spiro atoms. The second-order valence-corrected chi connectivity index (χ2v) is 10.3. The SMILES string of the molecule is COC(=O)c1c(N2C(N)=C(C#N)[C@H](c3ccc(Cl)cc3)C3=C2CCCC3=O)sc2c1CCCC2. The summed E-state index contributed by atoms with van der Waals surface area (Å²) in [6, 6.07) is 9.46. The van der Waals surface area contributed by atoms with Crippen LogP contribution in [0.15, 0.2) is 46.9 Å². The van der Waals surface area contributed by atoms with Gasteiger partial charge in [-0.15, -0.1) is 11.3 Å². The number of ketones is 1. The van der Waals surface area contributed by atoms with Gasteiger partial charge in [0.15, 0.2) is 5.78 Å². The third-order valence-corrected chi connectivity index (χ3v) is 8.39. The van der Waals surface area contributed by atoms with Crippen LogP contribution in [-0.2, 0) is 22.4 Å². The van der Waals surface area contributed by atoms with Crippen LogP contribution in [0.5, 0.6) is 0 Å². The van der Waals surface area contributed by atoms with Crippen LogP contribution in [0.1, 0.15) is 64.4 Å². The van der Waals surface area contributed by atoms with Crippen LogP contribution in [0.4, 0.5) is 5.00 Å². The van der Waals surface area contributed by atoms with E-state index in [0.29, 0.717) is 46.0 Å². The standard InChI is InChI=1S/C26H24ClN3O3S/c1-33-26(32)22-16-5-2-3-8-20(16)34-25(22)30-18-6-4-7-19(31)23(18)21(17(13-28)24(30)29)14-9-11-15(27)12-10-14/h9-12,21H,2-8,29H2,1H3/t21-/m0/s1. The summed E-state index contributed by atoms with van der Waals surface area (Å²) in [5.41, 5.74) is 10.7. The molecule has 0 amide bonds. The van der Waals surface area contributed by atoms with E-state index in [1.54, 1.807) is 17.0 Å². The molecule has 5 rings (SSSR count). The molecule has 1 atom stereocenters.